The highest BCUT2D eigenvalue weighted by Crippen LogP contribution is 2.25. The molecule has 0 fully saturated rings. The van der Waals surface area contributed by atoms with Gasteiger partial charge >= 0.3 is 0 Å². The average molecular weight is 501 g/mol. The van der Waals surface area contributed by atoms with Crippen molar-refractivity contribution >= 4 is 23.2 Å². The fourth-order valence-electron chi connectivity index (χ4n) is 3.63. The zero-order valence-corrected chi connectivity index (χ0v) is 20.8. The minimum Gasteiger partial charge on any atom is -0.493 e. The van der Waals surface area contributed by atoms with Crippen LogP contribution in [0.4, 0.5) is 5.69 Å². The normalized spacial score (nSPS) is 12.6. The number of aliphatic hydroxyl groups is 1. The zero-order valence-electron chi connectivity index (χ0n) is 20.1. The molecule has 1 amide bonds. The summed E-state index contributed by atoms with van der Waals surface area (Å²) in [5, 5.41) is 12.7. The van der Waals surface area contributed by atoms with Gasteiger partial charge in [-0.3, -0.25) is 4.79 Å². The Morgan fingerprint density at radius 1 is 0.833 bits per heavy atom. The number of aliphatic hydroxyl groups excluding tert-OH is 1. The predicted octanol–water partition coefficient (Wildman–Crippen LogP) is 5.94. The lowest BCUT2D eigenvalue weighted by Gasteiger charge is -2.20. The Bertz CT molecular complexity index is 1280. The van der Waals surface area contributed by atoms with Crippen LogP contribution in [-0.2, 0) is 11.2 Å². The summed E-state index contributed by atoms with van der Waals surface area (Å²) in [6.07, 6.45) is 0.813. The van der Waals surface area contributed by atoms with Gasteiger partial charge in [0, 0.05) is 17.1 Å². The van der Waals surface area contributed by atoms with Crippen LogP contribution < -0.4 is 15.8 Å². The minimum atomic E-state index is -1.32. The first-order valence-electron chi connectivity index (χ1n) is 11.7. The fourth-order valence-corrected chi connectivity index (χ4v) is 3.75. The summed E-state index contributed by atoms with van der Waals surface area (Å²) >= 11 is 5.97. The third-order valence-electron chi connectivity index (χ3n) is 5.97. The van der Waals surface area contributed by atoms with E-state index in [0.29, 0.717) is 12.3 Å². The van der Waals surface area contributed by atoms with Gasteiger partial charge in [-0.05, 0) is 71.1 Å². The lowest BCUT2D eigenvalue weighted by molar-refractivity contribution is -0.121. The first kappa shape index (κ1) is 25.5. The highest BCUT2D eigenvalue weighted by atomic mass is 35.5. The van der Waals surface area contributed by atoms with Crippen molar-refractivity contribution in [1.29, 1.82) is 0 Å². The van der Waals surface area contributed by atoms with Crippen LogP contribution in [0.5, 0.6) is 5.75 Å². The molecule has 0 aromatic heterocycles. The average Bonchev–Trinajstić information content (AvgIpc) is 2.90. The van der Waals surface area contributed by atoms with Gasteiger partial charge in [-0.2, -0.15) is 0 Å². The van der Waals surface area contributed by atoms with E-state index in [4.69, 9.17) is 22.1 Å². The third kappa shape index (κ3) is 6.52. The van der Waals surface area contributed by atoms with Crippen molar-refractivity contribution in [3.63, 3.8) is 0 Å². The minimum absolute atomic E-state index is 0.429. The second-order valence-corrected chi connectivity index (χ2v) is 9.37. The molecule has 4 aromatic rings. The number of hydrogen-bond acceptors (Lipinski definition) is 4. The molecule has 0 aliphatic rings. The number of nitrogens with one attached hydrogen (secondary N) is 1. The summed E-state index contributed by atoms with van der Waals surface area (Å²) in [6.45, 7) is 1.64. The van der Waals surface area contributed by atoms with E-state index in [-0.39, 0.29) is 0 Å². The van der Waals surface area contributed by atoms with Crippen LogP contribution in [0.25, 0.3) is 22.3 Å². The molecule has 0 saturated heterocycles. The van der Waals surface area contributed by atoms with E-state index in [9.17, 15) is 9.90 Å². The van der Waals surface area contributed by atoms with Gasteiger partial charge in [-0.15, -0.1) is 0 Å². The number of nitrogens with two attached hydrogens (primary N) is 1. The van der Waals surface area contributed by atoms with E-state index in [1.807, 2.05) is 72.8 Å². The second kappa shape index (κ2) is 11.4. The van der Waals surface area contributed by atoms with Crippen LogP contribution in [0.1, 0.15) is 12.5 Å². The van der Waals surface area contributed by atoms with E-state index in [0.717, 1.165) is 39.4 Å². The number of rotatable bonds is 9. The molecule has 6 heteroatoms. The Morgan fingerprint density at radius 2 is 1.31 bits per heavy atom. The van der Waals surface area contributed by atoms with Crippen LogP contribution in [-0.4, -0.2) is 29.8 Å². The van der Waals surface area contributed by atoms with Crippen molar-refractivity contribution < 1.29 is 14.6 Å². The number of amides is 1. The maximum atomic E-state index is 12.1. The SMILES string of the molecule is C[C@](N)(CO)C(=O)Nc1ccc(-c2ccc(OCCc3ccc(-c4ccc(Cl)cc4)cc3)cc2)cc1. The van der Waals surface area contributed by atoms with E-state index < -0.39 is 18.1 Å². The number of benzene rings is 4. The molecular weight excluding hydrogens is 472 g/mol. The molecule has 4 N–H and O–H groups in total. The molecule has 0 heterocycles. The van der Waals surface area contributed by atoms with Crippen molar-refractivity contribution in [3.8, 4) is 28.0 Å². The Hall–Kier alpha value is -3.64. The molecule has 184 valence electrons. The van der Waals surface area contributed by atoms with Crippen molar-refractivity contribution in [1.82, 2.24) is 0 Å². The summed E-state index contributed by atoms with van der Waals surface area (Å²) < 4.78 is 5.94. The van der Waals surface area contributed by atoms with E-state index in [1.54, 1.807) is 0 Å². The standard InChI is InChI=1S/C30H29ClN2O3/c1-30(32,20-34)29(35)33-27-14-8-24(9-15-27)25-10-16-28(17-11-25)36-19-18-21-2-4-22(5-3-21)23-6-12-26(31)13-7-23/h2-17,34H,18-20,32H2,1H3,(H,33,35)/t30-/m0/s1. The predicted molar refractivity (Wildman–Crippen MR) is 146 cm³/mol. The van der Waals surface area contributed by atoms with Crippen LogP contribution >= 0.6 is 11.6 Å². The molecule has 5 nitrogen and oxygen atoms in total. The van der Waals surface area contributed by atoms with Gasteiger partial charge in [0.25, 0.3) is 0 Å². The van der Waals surface area contributed by atoms with Crippen molar-refractivity contribution in [2.24, 2.45) is 5.73 Å². The fraction of sp³-hybridized carbons (Fsp3) is 0.167. The maximum Gasteiger partial charge on any atom is 0.246 e. The summed E-state index contributed by atoms with van der Waals surface area (Å²) in [5.74, 6) is 0.378. The van der Waals surface area contributed by atoms with Gasteiger partial charge in [0.15, 0.2) is 0 Å². The molecule has 0 radical (unpaired) electrons. The molecule has 0 saturated carbocycles. The van der Waals surface area contributed by atoms with E-state index >= 15 is 0 Å². The summed E-state index contributed by atoms with van der Waals surface area (Å²) in [5.41, 5.74) is 10.6. The van der Waals surface area contributed by atoms with Crippen LogP contribution in [0.3, 0.4) is 0 Å². The quantitative estimate of drug-likeness (QED) is 0.265. The van der Waals surface area contributed by atoms with Gasteiger partial charge in [0.05, 0.1) is 13.2 Å². The number of carbonyl (C=O) groups excluding carboxylic acids is 1. The van der Waals surface area contributed by atoms with Crippen molar-refractivity contribution in [3.05, 3.63) is 108 Å². The molecule has 0 aliphatic carbocycles. The van der Waals surface area contributed by atoms with Gasteiger partial charge in [0.1, 0.15) is 11.3 Å². The summed E-state index contributed by atoms with van der Waals surface area (Å²) in [7, 11) is 0. The molecule has 4 rings (SSSR count). The lowest BCUT2D eigenvalue weighted by atomic mass is 10.0. The van der Waals surface area contributed by atoms with Crippen LogP contribution in [0.15, 0.2) is 97.1 Å². The first-order chi connectivity index (χ1) is 17.3. The Morgan fingerprint density at radius 3 is 1.83 bits per heavy atom. The third-order valence-corrected chi connectivity index (χ3v) is 6.22. The molecule has 1 atom stereocenters. The largest absolute Gasteiger partial charge is 0.493 e. The monoisotopic (exact) mass is 500 g/mol. The lowest BCUT2D eigenvalue weighted by Crippen LogP contribution is -2.51. The summed E-state index contributed by atoms with van der Waals surface area (Å²) in [6, 6.07) is 31.7. The van der Waals surface area contributed by atoms with Gasteiger partial charge in [-0.25, -0.2) is 0 Å². The summed E-state index contributed by atoms with van der Waals surface area (Å²) in [4.78, 5) is 12.1. The van der Waals surface area contributed by atoms with Gasteiger partial charge in [-0.1, -0.05) is 72.3 Å². The van der Waals surface area contributed by atoms with Crippen molar-refractivity contribution in [2.45, 2.75) is 18.9 Å². The molecule has 0 bridgehead atoms. The molecule has 4 aromatic carbocycles. The molecule has 0 spiro atoms. The Kier molecular flexibility index (Phi) is 8.06. The number of halogens is 1. The number of hydrogen-bond donors (Lipinski definition) is 3. The Labute approximate surface area is 216 Å². The maximum absolute atomic E-state index is 12.1. The highest BCUT2D eigenvalue weighted by Gasteiger charge is 2.27. The van der Waals surface area contributed by atoms with Gasteiger partial charge in [0.2, 0.25) is 5.91 Å². The molecule has 0 aliphatic heterocycles. The topological polar surface area (TPSA) is 84.6 Å². The second-order valence-electron chi connectivity index (χ2n) is 8.93. The van der Waals surface area contributed by atoms with E-state index in [2.05, 4.69) is 29.6 Å². The van der Waals surface area contributed by atoms with Crippen molar-refractivity contribution in [2.75, 3.05) is 18.5 Å². The zero-order chi connectivity index (χ0) is 25.5. The van der Waals surface area contributed by atoms with Crippen LogP contribution in [0, 0.1) is 0 Å². The Balaban J connectivity index is 1.28. The number of carbonyl (C=O) groups is 1. The van der Waals surface area contributed by atoms with E-state index in [1.165, 1.54) is 12.5 Å². The van der Waals surface area contributed by atoms with Gasteiger partial charge < -0.3 is 20.9 Å². The molecule has 36 heavy (non-hydrogen) atoms. The molecule has 0 unspecified atom stereocenters. The number of anilines is 1. The molecular formula is C30H29ClN2O3. The highest BCUT2D eigenvalue weighted by molar-refractivity contribution is 6.30. The van der Waals surface area contributed by atoms with Crippen LogP contribution in [0.2, 0.25) is 5.02 Å². The smallest absolute Gasteiger partial charge is 0.246 e. The number of ether oxygens (including phenoxy) is 1. The first-order valence-corrected chi connectivity index (χ1v) is 12.1.